The van der Waals surface area contributed by atoms with Crippen LogP contribution < -0.4 is 4.90 Å². The Morgan fingerprint density at radius 2 is 1.68 bits per heavy atom. The zero-order chi connectivity index (χ0) is 19.6. The zero-order valence-electron chi connectivity index (χ0n) is 14.9. The molecule has 6 nitrogen and oxygen atoms in total. The van der Waals surface area contributed by atoms with Crippen LogP contribution in [0.25, 0.3) is 0 Å². The van der Waals surface area contributed by atoms with Gasteiger partial charge in [-0.1, -0.05) is 24.3 Å². The van der Waals surface area contributed by atoms with Gasteiger partial charge in [-0.25, -0.2) is 9.29 Å². The van der Waals surface area contributed by atoms with Crippen LogP contribution in [-0.2, 0) is 14.4 Å². The van der Waals surface area contributed by atoms with E-state index >= 15 is 0 Å². The van der Waals surface area contributed by atoms with Gasteiger partial charge in [0.25, 0.3) is 0 Å². The van der Waals surface area contributed by atoms with Crippen LogP contribution in [0.1, 0.15) is 24.1 Å². The molecule has 0 spiro atoms. The number of ketones is 1. The predicted molar refractivity (Wildman–Crippen MR) is 99.0 cm³/mol. The van der Waals surface area contributed by atoms with Gasteiger partial charge in [0.15, 0.2) is 5.78 Å². The third kappa shape index (κ3) is 2.13. The van der Waals surface area contributed by atoms with Crippen molar-refractivity contribution in [1.82, 2.24) is 5.01 Å². The fourth-order valence-corrected chi connectivity index (χ4v) is 4.67. The van der Waals surface area contributed by atoms with Crippen molar-refractivity contribution in [1.29, 1.82) is 0 Å². The van der Waals surface area contributed by atoms with E-state index in [1.165, 1.54) is 31.2 Å². The zero-order valence-corrected chi connectivity index (χ0v) is 14.9. The van der Waals surface area contributed by atoms with Crippen LogP contribution in [0.3, 0.4) is 0 Å². The van der Waals surface area contributed by atoms with Gasteiger partial charge in [0.1, 0.15) is 11.9 Å². The fourth-order valence-electron chi connectivity index (χ4n) is 4.67. The molecule has 7 heteroatoms. The number of Topliss-reactive ketones (excluding diaryl/α,β-unsaturated/α-hetero) is 1. The summed E-state index contributed by atoms with van der Waals surface area (Å²) in [7, 11) is 0. The third-order valence-corrected chi connectivity index (χ3v) is 5.79. The van der Waals surface area contributed by atoms with Gasteiger partial charge in [-0.05, 0) is 42.3 Å². The second-order valence-electron chi connectivity index (χ2n) is 7.29. The van der Waals surface area contributed by atoms with E-state index in [2.05, 4.69) is 5.10 Å². The molecular weight excluding hydrogens is 361 g/mol. The van der Waals surface area contributed by atoms with Crippen LogP contribution in [0, 0.1) is 17.7 Å². The maximum atomic E-state index is 13.3. The summed E-state index contributed by atoms with van der Waals surface area (Å²) in [6, 6.07) is 11.5. The Morgan fingerprint density at radius 3 is 2.39 bits per heavy atom. The Kier molecular flexibility index (Phi) is 3.49. The van der Waals surface area contributed by atoms with Gasteiger partial charge in [-0.3, -0.25) is 19.4 Å². The minimum Gasteiger partial charge on any atom is -0.298 e. The lowest BCUT2D eigenvalue weighted by Gasteiger charge is -2.33. The summed E-state index contributed by atoms with van der Waals surface area (Å²) >= 11 is 0. The average Bonchev–Trinajstić information content (AvgIpc) is 3.16. The molecule has 4 atom stereocenters. The van der Waals surface area contributed by atoms with Crippen molar-refractivity contribution in [2.24, 2.45) is 16.9 Å². The van der Waals surface area contributed by atoms with Crippen LogP contribution in [0.15, 0.2) is 53.6 Å². The van der Waals surface area contributed by atoms with Crippen LogP contribution >= 0.6 is 0 Å². The number of fused-ring (bicyclic) bond motifs is 5. The van der Waals surface area contributed by atoms with Crippen molar-refractivity contribution in [2.45, 2.75) is 19.0 Å². The normalized spacial score (nSPS) is 27.6. The maximum absolute atomic E-state index is 13.3. The number of halogens is 1. The minimum absolute atomic E-state index is 0.212. The molecule has 5 rings (SSSR count). The van der Waals surface area contributed by atoms with Gasteiger partial charge < -0.3 is 0 Å². The molecule has 28 heavy (non-hydrogen) atoms. The topological polar surface area (TPSA) is 70.0 Å². The summed E-state index contributed by atoms with van der Waals surface area (Å²) in [6.45, 7) is 1.42. The van der Waals surface area contributed by atoms with Gasteiger partial charge >= 0.3 is 0 Å². The number of amides is 2. The number of nitrogens with zero attached hydrogens (tertiary/aromatic N) is 3. The number of hydrogen-bond donors (Lipinski definition) is 0. The molecule has 0 radical (unpaired) electrons. The largest absolute Gasteiger partial charge is 0.298 e. The van der Waals surface area contributed by atoms with Gasteiger partial charge in [0.05, 0.1) is 29.8 Å². The van der Waals surface area contributed by atoms with Gasteiger partial charge in [0, 0.05) is 0 Å². The summed E-state index contributed by atoms with van der Waals surface area (Å²) in [4.78, 5) is 40.1. The number of carbonyl (C=O) groups is 3. The predicted octanol–water partition coefficient (Wildman–Crippen LogP) is 2.29. The average molecular weight is 377 g/mol. The van der Waals surface area contributed by atoms with Crippen molar-refractivity contribution in [3.63, 3.8) is 0 Å². The van der Waals surface area contributed by atoms with Gasteiger partial charge in [-0.2, -0.15) is 5.10 Å². The lowest BCUT2D eigenvalue weighted by Crippen LogP contribution is -2.43. The molecule has 0 N–H and O–H groups in total. The Morgan fingerprint density at radius 1 is 1.00 bits per heavy atom. The molecule has 1 unspecified atom stereocenters. The highest BCUT2D eigenvalue weighted by atomic mass is 19.1. The molecule has 2 aromatic rings. The maximum Gasteiger partial charge on any atom is 0.240 e. The molecule has 0 saturated carbocycles. The first-order chi connectivity index (χ1) is 13.5. The summed E-state index contributed by atoms with van der Waals surface area (Å²) in [5.41, 5.74) is 2.05. The molecule has 3 heterocycles. The molecule has 3 aliphatic rings. The number of imide groups is 1. The molecule has 2 fully saturated rings. The smallest absolute Gasteiger partial charge is 0.240 e. The van der Waals surface area contributed by atoms with E-state index in [0.717, 1.165) is 16.0 Å². The van der Waals surface area contributed by atoms with Gasteiger partial charge in [0.2, 0.25) is 11.8 Å². The van der Waals surface area contributed by atoms with E-state index in [1.807, 2.05) is 24.3 Å². The highest BCUT2D eigenvalue weighted by molar-refractivity contribution is 6.24. The van der Waals surface area contributed by atoms with Crippen molar-refractivity contribution in [3.8, 4) is 0 Å². The quantitative estimate of drug-likeness (QED) is 0.753. The van der Waals surface area contributed by atoms with Crippen LogP contribution in [-0.4, -0.2) is 34.9 Å². The van der Waals surface area contributed by atoms with E-state index in [1.54, 1.807) is 11.2 Å². The Labute approximate surface area is 160 Å². The number of benzene rings is 2. The van der Waals surface area contributed by atoms with Crippen molar-refractivity contribution >= 4 is 29.5 Å². The second kappa shape index (κ2) is 5.82. The number of hydrogen-bond acceptors (Lipinski definition) is 5. The van der Waals surface area contributed by atoms with Gasteiger partial charge in [-0.15, -0.1) is 0 Å². The van der Waals surface area contributed by atoms with Crippen molar-refractivity contribution < 1.29 is 18.8 Å². The van der Waals surface area contributed by atoms with Crippen molar-refractivity contribution in [3.05, 3.63) is 65.5 Å². The molecule has 0 aromatic heterocycles. The second-order valence-corrected chi connectivity index (χ2v) is 7.29. The van der Waals surface area contributed by atoms with Crippen LogP contribution in [0.2, 0.25) is 0 Å². The molecule has 2 saturated heterocycles. The summed E-state index contributed by atoms with van der Waals surface area (Å²) in [6.07, 6.45) is 1.66. The summed E-state index contributed by atoms with van der Waals surface area (Å²) in [5.74, 6) is -3.02. The minimum atomic E-state index is -0.816. The number of anilines is 1. The van der Waals surface area contributed by atoms with E-state index in [0.29, 0.717) is 5.69 Å². The highest BCUT2D eigenvalue weighted by Gasteiger charge is 2.64. The third-order valence-electron chi connectivity index (χ3n) is 5.79. The highest BCUT2D eigenvalue weighted by Crippen LogP contribution is 2.52. The lowest BCUT2D eigenvalue weighted by atomic mass is 9.84. The fraction of sp³-hybridized carbons (Fsp3) is 0.238. The Bertz CT molecular complexity index is 1050. The monoisotopic (exact) mass is 377 g/mol. The molecular formula is C21H16FN3O3. The Balaban J connectivity index is 1.65. The first kappa shape index (κ1) is 16.8. The van der Waals surface area contributed by atoms with Crippen LogP contribution in [0.4, 0.5) is 10.1 Å². The molecule has 140 valence electrons. The van der Waals surface area contributed by atoms with E-state index in [9.17, 15) is 18.8 Å². The standard InChI is InChI=1S/C21H16FN3O3/c1-11(26)18-16-17(19-15-5-3-2-4-12(15)10-23-25(18)19)21(28)24(20(16)27)14-8-6-13(22)7-9-14/h2-10,16-19H,1H3/t16-,17+,18-,19?/m1/s1. The number of carbonyl (C=O) groups excluding carboxylic acids is 3. The van der Waals surface area contributed by atoms with E-state index in [4.69, 9.17) is 0 Å². The lowest BCUT2D eigenvalue weighted by molar-refractivity contribution is -0.129. The summed E-state index contributed by atoms with van der Waals surface area (Å²) < 4.78 is 13.3. The number of rotatable bonds is 2. The molecule has 2 amide bonds. The molecule has 0 bridgehead atoms. The molecule has 0 aliphatic carbocycles. The molecule has 3 aliphatic heterocycles. The molecule has 2 aromatic carbocycles. The van der Waals surface area contributed by atoms with E-state index in [-0.39, 0.29) is 11.7 Å². The SMILES string of the molecule is CC(=O)[C@@H]1[C@@H]2C(=O)N(c3ccc(F)cc3)C(=O)[C@@H]2C2c3ccccc3C=NN21. The first-order valence-electron chi connectivity index (χ1n) is 9.04. The van der Waals surface area contributed by atoms with E-state index < -0.39 is 35.6 Å². The number of hydrazone groups is 1. The first-order valence-corrected chi connectivity index (χ1v) is 9.04. The summed E-state index contributed by atoms with van der Waals surface area (Å²) in [5, 5.41) is 6.02. The van der Waals surface area contributed by atoms with Crippen molar-refractivity contribution in [2.75, 3.05) is 4.90 Å². The Hall–Kier alpha value is -3.35. The van der Waals surface area contributed by atoms with Crippen LogP contribution in [0.5, 0.6) is 0 Å².